The largest absolute Gasteiger partial charge is 0.373 e. The van der Waals surface area contributed by atoms with Crippen LogP contribution in [0.2, 0.25) is 5.02 Å². The van der Waals surface area contributed by atoms with Crippen molar-refractivity contribution in [2.75, 3.05) is 0 Å². The number of halogens is 1. The van der Waals surface area contributed by atoms with E-state index < -0.39 is 0 Å². The maximum atomic E-state index is 12.1. The fraction of sp³-hybridized carbons (Fsp3) is 0.625. The van der Waals surface area contributed by atoms with Crippen molar-refractivity contribution >= 4 is 17.5 Å². The quantitative estimate of drug-likeness (QED) is 0.928. The smallest absolute Gasteiger partial charge is 0.270 e. The van der Waals surface area contributed by atoms with Gasteiger partial charge < -0.3 is 10.1 Å². The zero-order valence-electron chi connectivity index (χ0n) is 12.9. The molecule has 0 radical (unpaired) electrons. The lowest BCUT2D eigenvalue weighted by atomic mass is 9.92. The third-order valence-corrected chi connectivity index (χ3v) is 3.71. The number of hydrogen-bond acceptors (Lipinski definition) is 3. The lowest BCUT2D eigenvalue weighted by Crippen LogP contribution is -2.40. The van der Waals surface area contributed by atoms with Crippen molar-refractivity contribution in [3.63, 3.8) is 0 Å². The number of ether oxygens (including phenoxy) is 1. The van der Waals surface area contributed by atoms with Gasteiger partial charge in [-0.3, -0.25) is 4.79 Å². The molecule has 0 unspecified atom stereocenters. The summed E-state index contributed by atoms with van der Waals surface area (Å²) in [7, 11) is 0. The third kappa shape index (κ3) is 5.29. The lowest BCUT2D eigenvalue weighted by Gasteiger charge is -2.33. The monoisotopic (exact) mass is 310 g/mol. The molecule has 1 amide bonds. The number of rotatable bonds is 3. The molecule has 0 saturated heterocycles. The van der Waals surface area contributed by atoms with Crippen molar-refractivity contribution in [1.82, 2.24) is 10.3 Å². The fourth-order valence-corrected chi connectivity index (χ4v) is 2.71. The van der Waals surface area contributed by atoms with E-state index in [1.54, 1.807) is 12.1 Å². The van der Waals surface area contributed by atoms with Crippen LogP contribution < -0.4 is 5.32 Å². The van der Waals surface area contributed by atoms with Crippen LogP contribution in [0.3, 0.4) is 0 Å². The van der Waals surface area contributed by atoms with E-state index in [1.807, 2.05) is 0 Å². The topological polar surface area (TPSA) is 51.2 Å². The minimum absolute atomic E-state index is 0.103. The number of aromatic nitrogens is 1. The van der Waals surface area contributed by atoms with Crippen molar-refractivity contribution in [3.05, 3.63) is 29.0 Å². The van der Waals surface area contributed by atoms with Crippen LogP contribution in [0, 0.1) is 0 Å². The van der Waals surface area contributed by atoms with E-state index in [0.29, 0.717) is 16.8 Å². The van der Waals surface area contributed by atoms with Gasteiger partial charge in [0, 0.05) is 12.2 Å². The van der Waals surface area contributed by atoms with E-state index in [-0.39, 0.29) is 17.6 Å². The molecule has 5 heteroatoms. The Labute approximate surface area is 131 Å². The first-order valence-corrected chi connectivity index (χ1v) is 7.81. The summed E-state index contributed by atoms with van der Waals surface area (Å²) >= 11 is 5.77. The number of nitrogens with one attached hydrogen (secondary N) is 1. The second-order valence-electron chi connectivity index (χ2n) is 6.54. The molecule has 0 bridgehead atoms. The maximum Gasteiger partial charge on any atom is 0.270 e. The molecule has 0 atom stereocenters. The molecule has 0 aliphatic heterocycles. The zero-order valence-corrected chi connectivity index (χ0v) is 13.6. The van der Waals surface area contributed by atoms with Crippen molar-refractivity contribution in [1.29, 1.82) is 0 Å². The van der Waals surface area contributed by atoms with E-state index >= 15 is 0 Å². The van der Waals surface area contributed by atoms with Gasteiger partial charge in [-0.1, -0.05) is 11.6 Å². The number of carbonyl (C=O) groups excluding carboxylic acids is 1. The van der Waals surface area contributed by atoms with Crippen LogP contribution in [0.1, 0.15) is 56.9 Å². The molecular formula is C16H23ClN2O2. The highest BCUT2D eigenvalue weighted by Crippen LogP contribution is 2.25. The van der Waals surface area contributed by atoms with Gasteiger partial charge in [-0.2, -0.15) is 0 Å². The second-order valence-corrected chi connectivity index (χ2v) is 6.98. The minimum Gasteiger partial charge on any atom is -0.373 e. The summed E-state index contributed by atoms with van der Waals surface area (Å²) in [5.74, 6) is -0.133. The van der Waals surface area contributed by atoms with E-state index in [0.717, 1.165) is 25.7 Å². The SMILES string of the molecule is CC(C)(C)OC1CCC(NC(=O)c2ccc(Cl)cn2)CC1. The molecule has 1 aromatic rings. The van der Waals surface area contributed by atoms with Crippen molar-refractivity contribution in [2.45, 2.75) is 64.2 Å². The standard InChI is InChI=1S/C16H23ClN2O2/c1-16(2,3)21-13-7-5-12(6-8-13)19-15(20)14-9-4-11(17)10-18-14/h4,9-10,12-13H,5-8H2,1-3H3,(H,19,20). The van der Waals surface area contributed by atoms with Gasteiger partial charge in [0.25, 0.3) is 5.91 Å². The van der Waals surface area contributed by atoms with Crippen LogP contribution in [-0.4, -0.2) is 28.6 Å². The number of hydrogen-bond donors (Lipinski definition) is 1. The first-order chi connectivity index (χ1) is 9.83. The number of pyridine rings is 1. The van der Waals surface area contributed by atoms with E-state index in [1.165, 1.54) is 6.20 Å². The summed E-state index contributed by atoms with van der Waals surface area (Å²) in [5, 5.41) is 3.57. The second kappa shape index (κ2) is 6.75. The molecule has 1 aromatic heterocycles. The number of carbonyl (C=O) groups is 1. The van der Waals surface area contributed by atoms with E-state index in [2.05, 4.69) is 31.1 Å². The van der Waals surface area contributed by atoms with Crippen LogP contribution in [0.15, 0.2) is 18.3 Å². The molecule has 1 aliphatic carbocycles. The highest BCUT2D eigenvalue weighted by atomic mass is 35.5. The lowest BCUT2D eigenvalue weighted by molar-refractivity contribution is -0.0757. The minimum atomic E-state index is -0.133. The molecule has 116 valence electrons. The Bertz CT molecular complexity index is 474. The summed E-state index contributed by atoms with van der Waals surface area (Å²) in [4.78, 5) is 16.1. The summed E-state index contributed by atoms with van der Waals surface area (Å²) < 4.78 is 5.99. The average Bonchev–Trinajstić information content (AvgIpc) is 2.40. The molecule has 0 aromatic carbocycles. The summed E-state index contributed by atoms with van der Waals surface area (Å²) in [5.41, 5.74) is 0.306. The van der Waals surface area contributed by atoms with Gasteiger partial charge in [0.15, 0.2) is 0 Å². The van der Waals surface area contributed by atoms with Crippen LogP contribution in [-0.2, 0) is 4.74 Å². The van der Waals surface area contributed by atoms with Crippen LogP contribution >= 0.6 is 11.6 Å². The summed E-state index contributed by atoms with van der Waals surface area (Å²) in [6.07, 6.45) is 5.64. The van der Waals surface area contributed by atoms with E-state index in [9.17, 15) is 4.79 Å². The maximum absolute atomic E-state index is 12.1. The molecule has 0 spiro atoms. The molecular weight excluding hydrogens is 288 g/mol. The first-order valence-electron chi connectivity index (χ1n) is 7.44. The van der Waals surface area contributed by atoms with Gasteiger partial charge >= 0.3 is 0 Å². The summed E-state index contributed by atoms with van der Waals surface area (Å²) in [6, 6.07) is 3.53. The first kappa shape index (κ1) is 16.2. The fourth-order valence-electron chi connectivity index (χ4n) is 2.59. The Morgan fingerprint density at radius 2 is 1.95 bits per heavy atom. The van der Waals surface area contributed by atoms with Crippen molar-refractivity contribution in [2.24, 2.45) is 0 Å². The predicted molar refractivity (Wildman–Crippen MR) is 83.6 cm³/mol. The molecule has 1 aliphatic rings. The normalized spacial score (nSPS) is 22.9. The Morgan fingerprint density at radius 1 is 1.29 bits per heavy atom. The van der Waals surface area contributed by atoms with Gasteiger partial charge in [-0.15, -0.1) is 0 Å². The average molecular weight is 311 g/mol. The molecule has 1 heterocycles. The molecule has 1 saturated carbocycles. The van der Waals surface area contributed by atoms with Crippen LogP contribution in [0.4, 0.5) is 0 Å². The third-order valence-electron chi connectivity index (χ3n) is 3.49. The Morgan fingerprint density at radius 3 is 2.48 bits per heavy atom. The molecule has 1 fully saturated rings. The number of amides is 1. The van der Waals surface area contributed by atoms with Crippen LogP contribution in [0.5, 0.6) is 0 Å². The Kier molecular flexibility index (Phi) is 5.22. The van der Waals surface area contributed by atoms with Gasteiger partial charge in [-0.25, -0.2) is 4.98 Å². The number of nitrogens with zero attached hydrogens (tertiary/aromatic N) is 1. The highest BCUT2D eigenvalue weighted by molar-refractivity contribution is 6.30. The molecule has 1 N–H and O–H groups in total. The van der Waals surface area contributed by atoms with Gasteiger partial charge in [-0.05, 0) is 58.6 Å². The van der Waals surface area contributed by atoms with Gasteiger partial charge in [0.05, 0.1) is 16.7 Å². The van der Waals surface area contributed by atoms with Gasteiger partial charge in [0.1, 0.15) is 5.69 Å². The van der Waals surface area contributed by atoms with Crippen molar-refractivity contribution < 1.29 is 9.53 Å². The van der Waals surface area contributed by atoms with Gasteiger partial charge in [0.2, 0.25) is 0 Å². The molecule has 21 heavy (non-hydrogen) atoms. The van der Waals surface area contributed by atoms with E-state index in [4.69, 9.17) is 16.3 Å². The van der Waals surface area contributed by atoms with Crippen LogP contribution in [0.25, 0.3) is 0 Å². The molecule has 4 nitrogen and oxygen atoms in total. The van der Waals surface area contributed by atoms with Crippen molar-refractivity contribution in [3.8, 4) is 0 Å². The Hall–Kier alpha value is -1.13. The zero-order chi connectivity index (χ0) is 15.5. The predicted octanol–water partition coefficient (Wildman–Crippen LogP) is 3.59. The highest BCUT2D eigenvalue weighted by Gasteiger charge is 2.26. The Balaban J connectivity index is 1.80. The summed E-state index contributed by atoms with van der Waals surface area (Å²) in [6.45, 7) is 6.23. The molecule has 2 rings (SSSR count).